The molecule has 1 aromatic carbocycles. The molecule has 3 heterocycles. The van der Waals surface area contributed by atoms with Gasteiger partial charge in [-0.1, -0.05) is 32.4 Å². The normalized spacial score (nSPS) is 16.4. The Bertz CT molecular complexity index is 1390. The zero-order valence-corrected chi connectivity index (χ0v) is 19.8. The molecule has 1 aliphatic rings. The van der Waals surface area contributed by atoms with Crippen LogP contribution in [0.25, 0.3) is 15.9 Å². The number of rotatable bonds is 3. The lowest BCUT2D eigenvalue weighted by atomic mass is 9.72. The Labute approximate surface area is 194 Å². The molecule has 0 radical (unpaired) electrons. The van der Waals surface area contributed by atoms with E-state index in [0.29, 0.717) is 22.3 Å². The van der Waals surface area contributed by atoms with E-state index in [2.05, 4.69) is 36.1 Å². The van der Waals surface area contributed by atoms with Crippen LogP contribution in [-0.4, -0.2) is 25.1 Å². The molecule has 9 heteroatoms. The number of halogens is 1. The number of carbonyl (C=O) groups is 1. The molecule has 32 heavy (non-hydrogen) atoms. The van der Waals surface area contributed by atoms with Crippen LogP contribution in [0.2, 0.25) is 5.02 Å². The number of fused-ring (bicyclic) bond motifs is 5. The molecule has 1 amide bonds. The molecule has 0 bridgehead atoms. The zero-order chi connectivity index (χ0) is 22.6. The van der Waals surface area contributed by atoms with Crippen molar-refractivity contribution in [3.8, 4) is 0 Å². The molecule has 1 aliphatic carbocycles. The van der Waals surface area contributed by atoms with Crippen molar-refractivity contribution in [1.29, 1.82) is 0 Å². The Hall–Kier alpha value is -2.71. The van der Waals surface area contributed by atoms with Crippen LogP contribution in [0.4, 0.5) is 5.69 Å². The summed E-state index contributed by atoms with van der Waals surface area (Å²) in [6, 6.07) is 6.82. The van der Waals surface area contributed by atoms with E-state index in [1.54, 1.807) is 46.4 Å². The third-order valence-corrected chi connectivity index (χ3v) is 7.71. The maximum absolute atomic E-state index is 12.7. The first kappa shape index (κ1) is 21.2. The fourth-order valence-corrected chi connectivity index (χ4v) is 5.83. The highest BCUT2D eigenvalue weighted by atomic mass is 35.5. The van der Waals surface area contributed by atoms with E-state index in [-0.39, 0.29) is 17.9 Å². The van der Waals surface area contributed by atoms with Gasteiger partial charge in [0, 0.05) is 15.6 Å². The van der Waals surface area contributed by atoms with Gasteiger partial charge in [-0.25, -0.2) is 19.0 Å². The van der Waals surface area contributed by atoms with E-state index < -0.39 is 5.69 Å². The number of anilines is 1. The van der Waals surface area contributed by atoms with Gasteiger partial charge < -0.3 is 5.32 Å². The van der Waals surface area contributed by atoms with E-state index in [4.69, 9.17) is 11.6 Å². The van der Waals surface area contributed by atoms with Gasteiger partial charge in [-0.05, 0) is 60.4 Å². The summed E-state index contributed by atoms with van der Waals surface area (Å²) in [5.41, 5.74) is 2.24. The highest BCUT2D eigenvalue weighted by Crippen LogP contribution is 2.43. The molecule has 3 aromatic heterocycles. The minimum atomic E-state index is -0.464. The minimum absolute atomic E-state index is 0.158. The van der Waals surface area contributed by atoms with Gasteiger partial charge in [0.1, 0.15) is 17.7 Å². The molecule has 0 aliphatic heterocycles. The molecule has 166 valence electrons. The number of nitrogens with zero attached hydrogens (tertiary/aromatic N) is 4. The zero-order valence-electron chi connectivity index (χ0n) is 18.2. The second kappa shape index (κ2) is 7.71. The van der Waals surface area contributed by atoms with Crippen molar-refractivity contribution in [1.82, 2.24) is 19.2 Å². The van der Waals surface area contributed by atoms with Gasteiger partial charge in [0.15, 0.2) is 5.65 Å². The van der Waals surface area contributed by atoms with E-state index in [0.717, 1.165) is 29.5 Å². The van der Waals surface area contributed by atoms with Gasteiger partial charge in [-0.2, -0.15) is 4.98 Å². The molecular weight excluding hydrogens is 446 g/mol. The molecule has 1 N–H and O–H groups in total. The number of nitrogens with one attached hydrogen (secondary N) is 1. The van der Waals surface area contributed by atoms with Crippen molar-refractivity contribution in [3.63, 3.8) is 0 Å². The number of amides is 1. The van der Waals surface area contributed by atoms with Gasteiger partial charge in [0.05, 0.1) is 5.39 Å². The van der Waals surface area contributed by atoms with Crippen LogP contribution in [-0.2, 0) is 24.2 Å². The minimum Gasteiger partial charge on any atom is -0.324 e. The Morgan fingerprint density at radius 3 is 2.75 bits per heavy atom. The lowest BCUT2D eigenvalue weighted by Gasteiger charge is -2.33. The van der Waals surface area contributed by atoms with Gasteiger partial charge in [0.25, 0.3) is 0 Å². The summed E-state index contributed by atoms with van der Waals surface area (Å²) in [5.74, 6) is 0.298. The first-order chi connectivity index (χ1) is 15.2. The van der Waals surface area contributed by atoms with Crippen molar-refractivity contribution in [2.24, 2.45) is 11.3 Å². The first-order valence-electron chi connectivity index (χ1n) is 10.6. The summed E-state index contributed by atoms with van der Waals surface area (Å²) >= 11 is 7.59. The fraction of sp³-hybridized carbons (Fsp3) is 0.391. The number of benzene rings is 1. The van der Waals surface area contributed by atoms with Crippen LogP contribution in [0.5, 0.6) is 0 Å². The summed E-state index contributed by atoms with van der Waals surface area (Å²) in [7, 11) is 0. The SMILES string of the molecule is CC(C)(C)C1CCc2c(sc3ncn4c(nc(=O)n4CC(=O)Nc4ccc(Cl)cc4)c23)C1. The third kappa shape index (κ3) is 3.71. The highest BCUT2D eigenvalue weighted by molar-refractivity contribution is 7.19. The van der Waals surface area contributed by atoms with Crippen molar-refractivity contribution in [2.75, 3.05) is 5.32 Å². The third-order valence-electron chi connectivity index (χ3n) is 6.30. The van der Waals surface area contributed by atoms with E-state index in [1.807, 2.05) is 0 Å². The summed E-state index contributed by atoms with van der Waals surface area (Å²) in [4.78, 5) is 36.4. The highest BCUT2D eigenvalue weighted by Gasteiger charge is 2.32. The Morgan fingerprint density at radius 1 is 1.28 bits per heavy atom. The fourth-order valence-electron chi connectivity index (χ4n) is 4.45. The standard InChI is InChI=1S/C23H24ClN5O2S/c1-23(2,3)13-4-9-16-17(10-13)32-21-19(16)20-27-22(31)28(29(20)12-25-21)11-18(30)26-15-7-5-14(24)6-8-15/h5-8,12-13H,4,9-11H2,1-3H3,(H,26,30). The van der Waals surface area contributed by atoms with Crippen LogP contribution >= 0.6 is 22.9 Å². The average Bonchev–Trinajstić information content (AvgIpc) is 3.26. The Kier molecular flexibility index (Phi) is 5.09. The van der Waals surface area contributed by atoms with Crippen molar-refractivity contribution in [2.45, 2.75) is 46.6 Å². The summed E-state index contributed by atoms with van der Waals surface area (Å²) in [6.07, 6.45) is 4.68. The van der Waals surface area contributed by atoms with Crippen molar-refractivity contribution < 1.29 is 4.79 Å². The topological polar surface area (TPSA) is 81.3 Å². The molecule has 0 fully saturated rings. The van der Waals surface area contributed by atoms with Crippen LogP contribution < -0.4 is 11.0 Å². The van der Waals surface area contributed by atoms with Crippen LogP contribution in [0.3, 0.4) is 0 Å². The van der Waals surface area contributed by atoms with Gasteiger partial charge >= 0.3 is 5.69 Å². The molecule has 7 nitrogen and oxygen atoms in total. The summed E-state index contributed by atoms with van der Waals surface area (Å²) in [5, 5.41) is 4.32. The predicted molar refractivity (Wildman–Crippen MR) is 128 cm³/mol. The van der Waals surface area contributed by atoms with E-state index in [1.165, 1.54) is 15.1 Å². The lowest BCUT2D eigenvalue weighted by molar-refractivity contribution is -0.117. The van der Waals surface area contributed by atoms with Crippen molar-refractivity contribution in [3.05, 3.63) is 56.5 Å². The van der Waals surface area contributed by atoms with Gasteiger partial charge in [0.2, 0.25) is 5.91 Å². The van der Waals surface area contributed by atoms with Crippen LogP contribution in [0.15, 0.2) is 35.4 Å². The van der Waals surface area contributed by atoms with E-state index in [9.17, 15) is 9.59 Å². The molecule has 0 spiro atoms. The maximum Gasteiger partial charge on any atom is 0.365 e. The molecule has 1 atom stereocenters. The largest absolute Gasteiger partial charge is 0.365 e. The Balaban J connectivity index is 1.49. The lowest BCUT2D eigenvalue weighted by Crippen LogP contribution is -2.28. The molecule has 4 aromatic rings. The second-order valence-electron chi connectivity index (χ2n) is 9.41. The number of thiophene rings is 1. The van der Waals surface area contributed by atoms with Gasteiger partial charge in [-0.3, -0.25) is 4.79 Å². The Morgan fingerprint density at radius 2 is 2.03 bits per heavy atom. The molecule has 5 rings (SSSR count). The predicted octanol–water partition coefficient (Wildman–Crippen LogP) is 4.55. The number of hydrogen-bond donors (Lipinski definition) is 1. The summed E-state index contributed by atoms with van der Waals surface area (Å²) in [6.45, 7) is 6.72. The second-order valence-corrected chi connectivity index (χ2v) is 10.9. The first-order valence-corrected chi connectivity index (χ1v) is 11.8. The monoisotopic (exact) mass is 469 g/mol. The number of aromatic nitrogens is 4. The quantitative estimate of drug-likeness (QED) is 0.477. The maximum atomic E-state index is 12.7. The van der Waals surface area contributed by atoms with Gasteiger partial charge in [-0.15, -0.1) is 11.3 Å². The molecule has 1 unspecified atom stereocenters. The molecule has 0 saturated carbocycles. The average molecular weight is 470 g/mol. The van der Waals surface area contributed by atoms with Crippen LogP contribution in [0, 0.1) is 11.3 Å². The number of carbonyl (C=O) groups excluding carboxylic acids is 1. The molecular formula is C23H24ClN5O2S. The number of hydrogen-bond acceptors (Lipinski definition) is 5. The summed E-state index contributed by atoms with van der Waals surface area (Å²) < 4.78 is 2.92. The smallest absolute Gasteiger partial charge is 0.324 e. The van der Waals surface area contributed by atoms with E-state index >= 15 is 0 Å². The molecule has 0 saturated heterocycles. The number of aryl methyl sites for hydroxylation is 1. The van der Waals surface area contributed by atoms with Crippen molar-refractivity contribution >= 4 is 50.4 Å². The van der Waals surface area contributed by atoms with Crippen LogP contribution in [0.1, 0.15) is 37.6 Å².